The van der Waals surface area contributed by atoms with Crippen LogP contribution in [0.5, 0.6) is 0 Å². The number of aromatic nitrogens is 1. The molecule has 1 aliphatic rings. The Kier molecular flexibility index (Phi) is 6.50. The molecule has 2 aromatic rings. The van der Waals surface area contributed by atoms with E-state index in [0.717, 1.165) is 23.8 Å². The van der Waals surface area contributed by atoms with E-state index in [2.05, 4.69) is 4.98 Å². The van der Waals surface area contributed by atoms with Crippen LogP contribution in [0.2, 0.25) is 0 Å². The van der Waals surface area contributed by atoms with E-state index in [0.29, 0.717) is 36.0 Å². The van der Waals surface area contributed by atoms with Gasteiger partial charge in [-0.25, -0.2) is 8.42 Å². The number of rotatable bonds is 7. The van der Waals surface area contributed by atoms with Gasteiger partial charge >= 0.3 is 0 Å². The molecule has 1 aromatic heterocycles. The predicted molar refractivity (Wildman–Crippen MR) is 110 cm³/mol. The minimum Gasteiger partial charge on any atom is -0.308 e. The first-order valence-corrected chi connectivity index (χ1v) is 11.3. The Hall–Kier alpha value is -1.50. The average molecular weight is 390 g/mol. The summed E-state index contributed by atoms with van der Waals surface area (Å²) < 4.78 is 28.9. The number of sulfonamides is 1. The standard InChI is InChI=1S/C21H31N3O2S/c1-17-14-19-10-7-11-20(21(19)22-15-17)27(25,26)24(13-12-23(2)3)16-18-8-5-4-6-9-18/h7,10-11,14-15,18H,4-6,8-9,12-13,16H2,1-3H3. The molecule has 0 unspecified atom stereocenters. The number of fused-ring (bicyclic) bond motifs is 1. The van der Waals surface area contributed by atoms with Crippen molar-refractivity contribution in [3.05, 3.63) is 36.0 Å². The summed E-state index contributed by atoms with van der Waals surface area (Å²) in [5.74, 6) is 0.459. The minimum absolute atomic E-state index is 0.328. The fraction of sp³-hybridized carbons (Fsp3) is 0.571. The molecule has 0 N–H and O–H groups in total. The van der Waals surface area contributed by atoms with Gasteiger partial charge in [-0.2, -0.15) is 4.31 Å². The lowest BCUT2D eigenvalue weighted by molar-refractivity contribution is 0.261. The topological polar surface area (TPSA) is 53.5 Å². The first-order chi connectivity index (χ1) is 12.9. The molecule has 1 fully saturated rings. The van der Waals surface area contributed by atoms with E-state index in [1.165, 1.54) is 19.3 Å². The summed E-state index contributed by atoms with van der Waals surface area (Å²) in [4.78, 5) is 6.82. The molecule has 3 rings (SSSR count). The Bertz CT molecular complexity index is 874. The van der Waals surface area contributed by atoms with E-state index in [9.17, 15) is 8.42 Å². The summed E-state index contributed by atoms with van der Waals surface area (Å²) in [7, 11) is 0.368. The highest BCUT2D eigenvalue weighted by molar-refractivity contribution is 7.89. The van der Waals surface area contributed by atoms with Crippen LogP contribution in [0.25, 0.3) is 10.9 Å². The molecule has 1 aliphatic carbocycles. The van der Waals surface area contributed by atoms with Crippen LogP contribution in [-0.2, 0) is 10.0 Å². The quantitative estimate of drug-likeness (QED) is 0.725. The zero-order chi connectivity index (χ0) is 19.4. The van der Waals surface area contributed by atoms with Crippen LogP contribution in [0.15, 0.2) is 35.4 Å². The Morgan fingerprint density at radius 1 is 1.11 bits per heavy atom. The highest BCUT2D eigenvalue weighted by Crippen LogP contribution is 2.29. The number of aryl methyl sites for hydroxylation is 1. The SMILES string of the molecule is Cc1cnc2c(S(=O)(=O)N(CCN(C)C)CC3CCCCC3)cccc2c1. The Labute approximate surface area is 163 Å². The van der Waals surface area contributed by atoms with E-state index in [4.69, 9.17) is 0 Å². The second kappa shape index (κ2) is 8.67. The molecule has 0 atom stereocenters. The molecule has 1 saturated carbocycles. The Morgan fingerprint density at radius 2 is 1.85 bits per heavy atom. The second-order valence-corrected chi connectivity index (χ2v) is 9.92. The van der Waals surface area contributed by atoms with E-state index in [-0.39, 0.29) is 0 Å². The van der Waals surface area contributed by atoms with Crippen LogP contribution in [0, 0.1) is 12.8 Å². The number of para-hydroxylation sites is 1. The van der Waals surface area contributed by atoms with Gasteiger partial charge in [0.1, 0.15) is 4.90 Å². The maximum Gasteiger partial charge on any atom is 0.245 e. The van der Waals surface area contributed by atoms with Gasteiger partial charge in [-0.05, 0) is 57.5 Å². The van der Waals surface area contributed by atoms with Crippen LogP contribution in [0.4, 0.5) is 0 Å². The summed E-state index contributed by atoms with van der Waals surface area (Å²) >= 11 is 0. The lowest BCUT2D eigenvalue weighted by Crippen LogP contribution is -2.40. The monoisotopic (exact) mass is 389 g/mol. The highest BCUT2D eigenvalue weighted by Gasteiger charge is 2.29. The lowest BCUT2D eigenvalue weighted by Gasteiger charge is -2.30. The maximum atomic E-state index is 13.6. The number of likely N-dealkylation sites (N-methyl/N-ethyl adjacent to an activating group) is 1. The molecule has 0 radical (unpaired) electrons. The summed E-state index contributed by atoms with van der Waals surface area (Å²) in [6.07, 6.45) is 7.69. The summed E-state index contributed by atoms with van der Waals surface area (Å²) in [6, 6.07) is 7.44. The van der Waals surface area contributed by atoms with Crippen LogP contribution in [0.3, 0.4) is 0 Å². The highest BCUT2D eigenvalue weighted by atomic mass is 32.2. The van der Waals surface area contributed by atoms with Gasteiger partial charge in [-0.15, -0.1) is 0 Å². The Balaban J connectivity index is 1.96. The van der Waals surface area contributed by atoms with Crippen LogP contribution >= 0.6 is 0 Å². The van der Waals surface area contributed by atoms with Gasteiger partial charge in [-0.1, -0.05) is 31.4 Å². The van der Waals surface area contributed by atoms with Crippen molar-refractivity contribution in [2.24, 2.45) is 5.92 Å². The van der Waals surface area contributed by atoms with Gasteiger partial charge in [-0.3, -0.25) is 4.98 Å². The van der Waals surface area contributed by atoms with Crippen LogP contribution < -0.4 is 0 Å². The number of hydrogen-bond acceptors (Lipinski definition) is 4. The molecule has 27 heavy (non-hydrogen) atoms. The molecule has 6 heteroatoms. The maximum absolute atomic E-state index is 13.6. The van der Waals surface area contributed by atoms with Crippen molar-refractivity contribution in [1.29, 1.82) is 0 Å². The summed E-state index contributed by atoms with van der Waals surface area (Å²) in [5, 5.41) is 0.876. The summed E-state index contributed by atoms with van der Waals surface area (Å²) in [5.41, 5.74) is 1.60. The van der Waals surface area contributed by atoms with Crippen molar-refractivity contribution in [1.82, 2.24) is 14.2 Å². The fourth-order valence-corrected chi connectivity index (χ4v) is 5.54. The first-order valence-electron chi connectivity index (χ1n) is 9.88. The lowest BCUT2D eigenvalue weighted by atomic mass is 9.89. The molecule has 5 nitrogen and oxygen atoms in total. The molecule has 1 aromatic carbocycles. The van der Waals surface area contributed by atoms with Gasteiger partial charge in [0.25, 0.3) is 0 Å². The molecule has 0 amide bonds. The zero-order valence-corrected chi connectivity index (χ0v) is 17.5. The summed E-state index contributed by atoms with van der Waals surface area (Å²) in [6.45, 7) is 3.80. The molecule has 148 valence electrons. The van der Waals surface area contributed by atoms with Gasteiger partial charge in [0, 0.05) is 31.2 Å². The zero-order valence-electron chi connectivity index (χ0n) is 16.7. The third-order valence-electron chi connectivity index (χ3n) is 5.41. The second-order valence-electron chi connectivity index (χ2n) is 8.01. The minimum atomic E-state index is -3.59. The normalized spacial score (nSPS) is 16.5. The van der Waals surface area contributed by atoms with E-state index >= 15 is 0 Å². The number of benzene rings is 1. The average Bonchev–Trinajstić information content (AvgIpc) is 2.64. The number of pyridine rings is 1. The predicted octanol–water partition coefficient (Wildman–Crippen LogP) is 3.68. The molecule has 0 aliphatic heterocycles. The van der Waals surface area contributed by atoms with Crippen LogP contribution in [-0.4, -0.2) is 56.3 Å². The van der Waals surface area contributed by atoms with E-state index in [1.807, 2.05) is 44.1 Å². The molecule has 0 bridgehead atoms. The number of hydrogen-bond donors (Lipinski definition) is 0. The third-order valence-corrected chi connectivity index (χ3v) is 7.31. The smallest absolute Gasteiger partial charge is 0.245 e. The largest absolute Gasteiger partial charge is 0.308 e. The third kappa shape index (κ3) is 4.86. The van der Waals surface area contributed by atoms with Gasteiger partial charge in [0.2, 0.25) is 10.0 Å². The van der Waals surface area contributed by atoms with Crippen molar-refractivity contribution >= 4 is 20.9 Å². The first kappa shape index (κ1) is 20.2. The fourth-order valence-electron chi connectivity index (χ4n) is 3.87. The van der Waals surface area contributed by atoms with Gasteiger partial charge in [0.15, 0.2) is 0 Å². The molecule has 0 saturated heterocycles. The van der Waals surface area contributed by atoms with Gasteiger partial charge in [0.05, 0.1) is 5.52 Å². The van der Waals surface area contributed by atoms with E-state index in [1.54, 1.807) is 16.6 Å². The van der Waals surface area contributed by atoms with Crippen molar-refractivity contribution < 1.29 is 8.42 Å². The van der Waals surface area contributed by atoms with Crippen molar-refractivity contribution in [2.45, 2.75) is 43.9 Å². The Morgan fingerprint density at radius 3 is 2.56 bits per heavy atom. The molecular weight excluding hydrogens is 358 g/mol. The van der Waals surface area contributed by atoms with Crippen LogP contribution in [0.1, 0.15) is 37.7 Å². The van der Waals surface area contributed by atoms with E-state index < -0.39 is 10.0 Å². The molecular formula is C21H31N3O2S. The number of nitrogens with zero attached hydrogens (tertiary/aromatic N) is 3. The molecule has 1 heterocycles. The van der Waals surface area contributed by atoms with Gasteiger partial charge < -0.3 is 4.90 Å². The molecule has 0 spiro atoms. The van der Waals surface area contributed by atoms with Crippen molar-refractivity contribution in [2.75, 3.05) is 33.7 Å². The van der Waals surface area contributed by atoms with Crippen molar-refractivity contribution in [3.8, 4) is 0 Å². The van der Waals surface area contributed by atoms with Crippen molar-refractivity contribution in [3.63, 3.8) is 0 Å².